The van der Waals surface area contributed by atoms with Crippen molar-refractivity contribution in [2.24, 2.45) is 0 Å². The summed E-state index contributed by atoms with van der Waals surface area (Å²) in [6.45, 7) is 0. The molecule has 2 heterocycles. The van der Waals surface area contributed by atoms with Crippen LogP contribution in [0, 0.1) is 0 Å². The van der Waals surface area contributed by atoms with Crippen molar-refractivity contribution in [3.63, 3.8) is 0 Å². The maximum Gasteiger partial charge on any atom is 0.164 e. The van der Waals surface area contributed by atoms with Gasteiger partial charge in [-0.05, 0) is 67.7 Å². The van der Waals surface area contributed by atoms with Gasteiger partial charge >= 0.3 is 0 Å². The molecule has 0 fully saturated rings. The summed E-state index contributed by atoms with van der Waals surface area (Å²) in [6, 6.07) is 70.8. The Balaban J connectivity index is 1.18. The lowest BCUT2D eigenvalue weighted by Gasteiger charge is -2.14. The van der Waals surface area contributed by atoms with Crippen LogP contribution in [0.1, 0.15) is 0 Å². The SMILES string of the molecule is c1ccc(-c2nc(-c3ccccc3)nc(-c3cc(-c4ccc5c6ccccc6c6ccccc6c5c4)cc(-c4nc(-c5ccccc5)nc(-c5ccccc5)n4)c3)n2)cc1. The molecule has 0 atom stereocenters. The van der Waals surface area contributed by atoms with E-state index in [0.29, 0.717) is 34.9 Å². The Morgan fingerprint density at radius 1 is 0.167 bits per heavy atom. The van der Waals surface area contributed by atoms with Gasteiger partial charge < -0.3 is 0 Å². The average molecular weight is 767 g/mol. The van der Waals surface area contributed by atoms with Crippen molar-refractivity contribution < 1.29 is 0 Å². The number of hydrogen-bond donors (Lipinski definition) is 0. The van der Waals surface area contributed by atoms with Gasteiger partial charge in [-0.3, -0.25) is 0 Å². The molecule has 2 aromatic heterocycles. The van der Waals surface area contributed by atoms with E-state index in [2.05, 4.69) is 84.9 Å². The van der Waals surface area contributed by atoms with Crippen LogP contribution in [-0.4, -0.2) is 29.9 Å². The maximum atomic E-state index is 5.15. The third-order valence-corrected chi connectivity index (χ3v) is 10.9. The third-order valence-electron chi connectivity index (χ3n) is 10.9. The number of benzene rings is 9. The Hall–Kier alpha value is -8.22. The monoisotopic (exact) mass is 766 g/mol. The fraction of sp³-hybridized carbons (Fsp3) is 0. The minimum atomic E-state index is 0.545. The van der Waals surface area contributed by atoms with Crippen LogP contribution in [0.3, 0.4) is 0 Å². The summed E-state index contributed by atoms with van der Waals surface area (Å²) in [7, 11) is 0. The molecule has 280 valence electrons. The van der Waals surface area contributed by atoms with E-state index < -0.39 is 0 Å². The van der Waals surface area contributed by atoms with Crippen molar-refractivity contribution in [2.45, 2.75) is 0 Å². The zero-order chi connectivity index (χ0) is 39.8. The smallest absolute Gasteiger partial charge is 0.164 e. The molecular weight excluding hydrogens is 733 g/mol. The molecule has 0 spiro atoms. The van der Waals surface area contributed by atoms with E-state index in [4.69, 9.17) is 29.9 Å². The summed E-state index contributed by atoms with van der Waals surface area (Å²) in [5, 5.41) is 7.30. The van der Waals surface area contributed by atoms with Crippen LogP contribution in [0.2, 0.25) is 0 Å². The number of nitrogens with zero attached hydrogens (tertiary/aromatic N) is 6. The Bertz CT molecular complexity index is 3060. The number of hydrogen-bond acceptors (Lipinski definition) is 6. The second-order valence-corrected chi connectivity index (χ2v) is 14.7. The van der Waals surface area contributed by atoms with Crippen LogP contribution >= 0.6 is 0 Å². The van der Waals surface area contributed by atoms with Crippen molar-refractivity contribution >= 4 is 32.3 Å². The molecular formula is C54H34N6. The number of fused-ring (bicyclic) bond motifs is 6. The summed E-state index contributed by atoms with van der Waals surface area (Å²) in [5.41, 5.74) is 7.26. The molecule has 60 heavy (non-hydrogen) atoms. The molecule has 0 aliphatic heterocycles. The van der Waals surface area contributed by atoms with Crippen LogP contribution in [0.4, 0.5) is 0 Å². The molecule has 9 aromatic carbocycles. The van der Waals surface area contributed by atoms with Crippen molar-refractivity contribution in [3.8, 4) is 79.5 Å². The van der Waals surface area contributed by atoms with Gasteiger partial charge in [0.15, 0.2) is 34.9 Å². The van der Waals surface area contributed by atoms with E-state index in [1.165, 1.54) is 32.3 Å². The number of rotatable bonds is 7. The lowest BCUT2D eigenvalue weighted by atomic mass is 9.91. The van der Waals surface area contributed by atoms with Crippen LogP contribution in [-0.2, 0) is 0 Å². The van der Waals surface area contributed by atoms with Gasteiger partial charge in [-0.15, -0.1) is 0 Å². The van der Waals surface area contributed by atoms with Gasteiger partial charge in [0.1, 0.15) is 0 Å². The Labute approximate surface area is 346 Å². The lowest BCUT2D eigenvalue weighted by molar-refractivity contribution is 1.07. The number of aromatic nitrogens is 6. The molecule has 0 saturated carbocycles. The molecule has 0 aliphatic carbocycles. The van der Waals surface area contributed by atoms with Crippen molar-refractivity contribution in [2.75, 3.05) is 0 Å². The first-order chi connectivity index (χ1) is 29.7. The molecule has 0 radical (unpaired) electrons. The molecule has 11 aromatic rings. The molecule has 0 aliphatic rings. The first-order valence-corrected chi connectivity index (χ1v) is 20.0. The third kappa shape index (κ3) is 6.52. The fourth-order valence-corrected chi connectivity index (χ4v) is 8.02. The second-order valence-electron chi connectivity index (χ2n) is 14.7. The standard InChI is InChI=1S/C54H34N6/c1-5-17-35(18-6-1)49-55-50(36-19-7-2-8-20-36)58-53(57-49)41-31-40(39-29-30-47-45-27-14-13-25-43(45)44-26-15-16-28-46(44)48(47)34-39)32-42(33-41)54-59-51(37-21-9-3-10-22-37)56-52(60-54)38-23-11-4-12-24-38/h1-34H. The Morgan fingerprint density at radius 3 is 0.783 bits per heavy atom. The predicted octanol–water partition coefficient (Wildman–Crippen LogP) is 13.2. The molecule has 0 amide bonds. The summed E-state index contributed by atoms with van der Waals surface area (Å²) in [4.78, 5) is 30.6. The van der Waals surface area contributed by atoms with E-state index >= 15 is 0 Å². The zero-order valence-electron chi connectivity index (χ0n) is 32.3. The maximum absolute atomic E-state index is 5.15. The highest BCUT2D eigenvalue weighted by molar-refractivity contribution is 6.25. The van der Waals surface area contributed by atoms with E-state index in [-0.39, 0.29) is 0 Å². The summed E-state index contributed by atoms with van der Waals surface area (Å²) in [5.74, 6) is 3.45. The van der Waals surface area contributed by atoms with Gasteiger partial charge in [0.05, 0.1) is 0 Å². The van der Waals surface area contributed by atoms with Crippen LogP contribution in [0.25, 0.3) is 112 Å². The van der Waals surface area contributed by atoms with Gasteiger partial charge in [0.25, 0.3) is 0 Å². The first kappa shape index (κ1) is 35.0. The Morgan fingerprint density at radius 2 is 0.433 bits per heavy atom. The highest BCUT2D eigenvalue weighted by atomic mass is 15.0. The summed E-state index contributed by atoms with van der Waals surface area (Å²) >= 11 is 0. The largest absolute Gasteiger partial charge is 0.208 e. The molecule has 6 heteroatoms. The summed E-state index contributed by atoms with van der Waals surface area (Å²) < 4.78 is 0. The van der Waals surface area contributed by atoms with Gasteiger partial charge in [0.2, 0.25) is 0 Å². The molecule has 0 bridgehead atoms. The van der Waals surface area contributed by atoms with Gasteiger partial charge in [-0.2, -0.15) is 0 Å². The molecule has 0 N–H and O–H groups in total. The van der Waals surface area contributed by atoms with E-state index in [1.54, 1.807) is 0 Å². The fourth-order valence-electron chi connectivity index (χ4n) is 8.02. The second kappa shape index (κ2) is 14.9. The quantitative estimate of drug-likeness (QED) is 0.150. The molecule has 6 nitrogen and oxygen atoms in total. The Kier molecular flexibility index (Phi) is 8.71. The minimum Gasteiger partial charge on any atom is -0.208 e. The lowest BCUT2D eigenvalue weighted by Crippen LogP contribution is -2.02. The van der Waals surface area contributed by atoms with Crippen molar-refractivity contribution in [1.82, 2.24) is 29.9 Å². The van der Waals surface area contributed by atoms with Crippen LogP contribution in [0.5, 0.6) is 0 Å². The van der Waals surface area contributed by atoms with Gasteiger partial charge in [-0.1, -0.05) is 182 Å². The molecule has 0 unspecified atom stereocenters. The van der Waals surface area contributed by atoms with Crippen LogP contribution < -0.4 is 0 Å². The van der Waals surface area contributed by atoms with E-state index in [1.807, 2.05) is 121 Å². The van der Waals surface area contributed by atoms with Crippen molar-refractivity contribution in [1.29, 1.82) is 0 Å². The minimum absolute atomic E-state index is 0.545. The zero-order valence-corrected chi connectivity index (χ0v) is 32.3. The highest BCUT2D eigenvalue weighted by Gasteiger charge is 2.19. The topological polar surface area (TPSA) is 77.3 Å². The van der Waals surface area contributed by atoms with Gasteiger partial charge in [-0.25, -0.2) is 29.9 Å². The highest BCUT2D eigenvalue weighted by Crippen LogP contribution is 2.39. The molecule has 11 rings (SSSR count). The van der Waals surface area contributed by atoms with Crippen molar-refractivity contribution in [3.05, 3.63) is 206 Å². The summed E-state index contributed by atoms with van der Waals surface area (Å²) in [6.07, 6.45) is 0. The average Bonchev–Trinajstić information content (AvgIpc) is 3.34. The van der Waals surface area contributed by atoms with E-state index in [9.17, 15) is 0 Å². The first-order valence-electron chi connectivity index (χ1n) is 20.0. The van der Waals surface area contributed by atoms with Crippen LogP contribution in [0.15, 0.2) is 206 Å². The molecule has 0 saturated heterocycles. The normalized spacial score (nSPS) is 11.3. The predicted molar refractivity (Wildman–Crippen MR) is 244 cm³/mol. The van der Waals surface area contributed by atoms with Gasteiger partial charge in [0, 0.05) is 33.4 Å². The van der Waals surface area contributed by atoms with E-state index in [0.717, 1.165) is 44.5 Å².